The molecule has 0 spiro atoms. The van der Waals surface area contributed by atoms with Gasteiger partial charge in [0.15, 0.2) is 5.11 Å². The maximum absolute atomic E-state index is 12.7. The van der Waals surface area contributed by atoms with Crippen LogP contribution in [0.5, 0.6) is 5.75 Å². The summed E-state index contributed by atoms with van der Waals surface area (Å²) < 4.78 is 10.9. The number of benzene rings is 2. The molecule has 0 unspecified atom stereocenters. The molecule has 0 aliphatic heterocycles. The first-order chi connectivity index (χ1) is 16.1. The molecule has 3 N–H and O–H groups in total. The molecule has 2 aromatic carbocycles. The van der Waals surface area contributed by atoms with Gasteiger partial charge < -0.3 is 20.1 Å². The molecule has 0 radical (unpaired) electrons. The molecule has 0 bridgehead atoms. The minimum atomic E-state index is -0.374. The highest BCUT2D eigenvalue weighted by atomic mass is 32.1. The van der Waals surface area contributed by atoms with Crippen molar-refractivity contribution >= 4 is 40.5 Å². The monoisotopic (exact) mass is 469 g/mol. The second-order valence-electron chi connectivity index (χ2n) is 7.85. The van der Waals surface area contributed by atoms with Gasteiger partial charge >= 0.3 is 0 Å². The van der Waals surface area contributed by atoms with Crippen LogP contribution in [-0.4, -0.2) is 36.7 Å². The van der Waals surface area contributed by atoms with Crippen molar-refractivity contribution in [3.05, 3.63) is 54.1 Å². The zero-order valence-electron chi connectivity index (χ0n) is 18.9. The smallest absolute Gasteiger partial charge is 0.261 e. The predicted molar refractivity (Wildman–Crippen MR) is 134 cm³/mol. The van der Waals surface area contributed by atoms with Crippen molar-refractivity contribution in [2.24, 2.45) is 5.92 Å². The number of anilines is 2. The van der Waals surface area contributed by atoms with Crippen LogP contribution in [0.25, 0.3) is 0 Å². The summed E-state index contributed by atoms with van der Waals surface area (Å²) in [6, 6.07) is 14.2. The van der Waals surface area contributed by atoms with Gasteiger partial charge in [0, 0.05) is 23.9 Å². The van der Waals surface area contributed by atoms with Crippen molar-refractivity contribution in [1.82, 2.24) is 5.32 Å². The second kappa shape index (κ2) is 12.9. The summed E-state index contributed by atoms with van der Waals surface area (Å²) >= 11 is 5.32. The number of carbonyl (C=O) groups excluding carboxylic acids is 2. The van der Waals surface area contributed by atoms with Crippen LogP contribution < -0.4 is 20.7 Å². The summed E-state index contributed by atoms with van der Waals surface area (Å²) in [6.45, 7) is 3.31. The molecular formula is C25H31N3O4S. The molecule has 176 valence electrons. The van der Waals surface area contributed by atoms with Crippen molar-refractivity contribution in [2.75, 3.05) is 30.5 Å². The molecule has 2 aromatic rings. The molecule has 2 amide bonds. The molecule has 0 atom stereocenters. The molecule has 0 saturated heterocycles. The molecule has 0 heterocycles. The lowest BCUT2D eigenvalue weighted by molar-refractivity contribution is -0.120. The van der Waals surface area contributed by atoms with E-state index in [0.717, 1.165) is 25.7 Å². The Morgan fingerprint density at radius 3 is 2.45 bits per heavy atom. The highest BCUT2D eigenvalue weighted by molar-refractivity contribution is 7.80. The SMILES string of the molecule is CCOCCOc1ccccc1C(=O)NC(=S)Nc1cccc(NC(=O)C2CCCCC2)c1. The Morgan fingerprint density at radius 1 is 0.970 bits per heavy atom. The Kier molecular flexibility index (Phi) is 9.65. The van der Waals surface area contributed by atoms with E-state index in [1.807, 2.05) is 25.1 Å². The van der Waals surface area contributed by atoms with Crippen molar-refractivity contribution in [1.29, 1.82) is 0 Å². The molecular weight excluding hydrogens is 438 g/mol. The molecule has 8 heteroatoms. The van der Waals surface area contributed by atoms with Crippen molar-refractivity contribution < 1.29 is 19.1 Å². The average molecular weight is 470 g/mol. The number of hydrogen-bond donors (Lipinski definition) is 3. The molecule has 0 aromatic heterocycles. The summed E-state index contributed by atoms with van der Waals surface area (Å²) in [6.07, 6.45) is 5.30. The van der Waals surface area contributed by atoms with Crippen LogP contribution in [0, 0.1) is 5.92 Å². The number of hydrogen-bond acceptors (Lipinski definition) is 5. The fraction of sp³-hybridized carbons (Fsp3) is 0.400. The lowest BCUT2D eigenvalue weighted by atomic mass is 9.88. The molecule has 1 aliphatic rings. The minimum absolute atomic E-state index is 0.0590. The number of nitrogens with one attached hydrogen (secondary N) is 3. The van der Waals surface area contributed by atoms with E-state index < -0.39 is 0 Å². The standard InChI is InChI=1S/C25H31N3O4S/c1-2-31-15-16-32-22-14-7-6-13-21(22)24(30)28-25(33)27-20-12-8-11-19(17-20)26-23(29)18-9-4-3-5-10-18/h6-8,11-14,17-18H,2-5,9-10,15-16H2,1H3,(H,26,29)(H2,27,28,30,33). The fourth-order valence-corrected chi connectivity index (χ4v) is 3.96. The highest BCUT2D eigenvalue weighted by Gasteiger charge is 2.21. The van der Waals surface area contributed by atoms with E-state index in [9.17, 15) is 9.59 Å². The highest BCUT2D eigenvalue weighted by Crippen LogP contribution is 2.25. The van der Waals surface area contributed by atoms with E-state index in [1.54, 1.807) is 30.3 Å². The minimum Gasteiger partial charge on any atom is -0.490 e. The number of ether oxygens (including phenoxy) is 2. The van der Waals surface area contributed by atoms with E-state index in [2.05, 4.69) is 16.0 Å². The summed E-state index contributed by atoms with van der Waals surface area (Å²) in [5.41, 5.74) is 1.74. The Hall–Kier alpha value is -2.97. The van der Waals surface area contributed by atoms with Gasteiger partial charge in [0.25, 0.3) is 5.91 Å². The molecule has 3 rings (SSSR count). The average Bonchev–Trinajstić information content (AvgIpc) is 2.82. The maximum Gasteiger partial charge on any atom is 0.261 e. The Balaban J connectivity index is 1.55. The summed E-state index contributed by atoms with van der Waals surface area (Å²) in [5, 5.41) is 8.83. The number of thiocarbonyl (C=S) groups is 1. The number of carbonyl (C=O) groups is 2. The molecule has 1 saturated carbocycles. The largest absolute Gasteiger partial charge is 0.490 e. The van der Waals surface area contributed by atoms with Crippen LogP contribution in [0.15, 0.2) is 48.5 Å². The predicted octanol–water partition coefficient (Wildman–Crippen LogP) is 4.75. The van der Waals surface area contributed by atoms with Crippen molar-refractivity contribution in [2.45, 2.75) is 39.0 Å². The topological polar surface area (TPSA) is 88.7 Å². The van der Waals surface area contributed by atoms with Crippen LogP contribution >= 0.6 is 12.2 Å². The summed E-state index contributed by atoms with van der Waals surface area (Å²) in [7, 11) is 0. The maximum atomic E-state index is 12.7. The van der Waals surface area contributed by atoms with Gasteiger partial charge in [0.2, 0.25) is 5.91 Å². The number of amides is 2. The van der Waals surface area contributed by atoms with Gasteiger partial charge in [-0.15, -0.1) is 0 Å². The van der Waals surface area contributed by atoms with Gasteiger partial charge in [0.1, 0.15) is 12.4 Å². The number of rotatable bonds is 9. The lowest BCUT2D eigenvalue weighted by Crippen LogP contribution is -2.34. The van der Waals surface area contributed by atoms with Gasteiger partial charge in [-0.25, -0.2) is 0 Å². The van der Waals surface area contributed by atoms with Crippen molar-refractivity contribution in [3.63, 3.8) is 0 Å². The van der Waals surface area contributed by atoms with E-state index in [4.69, 9.17) is 21.7 Å². The third-order valence-electron chi connectivity index (χ3n) is 5.41. The summed E-state index contributed by atoms with van der Waals surface area (Å²) in [4.78, 5) is 25.2. The fourth-order valence-electron chi connectivity index (χ4n) is 3.75. The molecule has 1 aliphatic carbocycles. The molecule has 7 nitrogen and oxygen atoms in total. The zero-order valence-corrected chi connectivity index (χ0v) is 19.7. The summed E-state index contributed by atoms with van der Waals surface area (Å²) in [5.74, 6) is 0.224. The molecule has 33 heavy (non-hydrogen) atoms. The quantitative estimate of drug-likeness (QED) is 0.363. The van der Waals surface area contributed by atoms with Crippen molar-refractivity contribution in [3.8, 4) is 5.75 Å². The van der Waals surface area contributed by atoms with Crippen LogP contribution in [0.1, 0.15) is 49.4 Å². The van der Waals surface area contributed by atoms with Gasteiger partial charge in [-0.1, -0.05) is 37.5 Å². The first kappa shape index (κ1) is 24.7. The van der Waals surface area contributed by atoms with Crippen LogP contribution in [0.4, 0.5) is 11.4 Å². The Bertz CT molecular complexity index is 960. The Labute approximate surface area is 200 Å². The number of para-hydroxylation sites is 1. The lowest BCUT2D eigenvalue weighted by Gasteiger charge is -2.21. The third kappa shape index (κ3) is 7.83. The first-order valence-electron chi connectivity index (χ1n) is 11.4. The normalized spacial score (nSPS) is 13.7. The van der Waals surface area contributed by atoms with Gasteiger partial charge in [-0.2, -0.15) is 0 Å². The van der Waals surface area contributed by atoms with Gasteiger partial charge in [0.05, 0.1) is 12.2 Å². The third-order valence-corrected chi connectivity index (χ3v) is 5.62. The van der Waals surface area contributed by atoms with Crippen LogP contribution in [0.2, 0.25) is 0 Å². The van der Waals surface area contributed by atoms with Crippen LogP contribution in [-0.2, 0) is 9.53 Å². The van der Waals surface area contributed by atoms with E-state index in [0.29, 0.717) is 42.5 Å². The second-order valence-corrected chi connectivity index (χ2v) is 8.26. The zero-order chi connectivity index (χ0) is 23.5. The molecule has 1 fully saturated rings. The van der Waals surface area contributed by atoms with E-state index >= 15 is 0 Å². The first-order valence-corrected chi connectivity index (χ1v) is 11.8. The van der Waals surface area contributed by atoms with E-state index in [1.165, 1.54) is 6.42 Å². The van der Waals surface area contributed by atoms with Gasteiger partial charge in [-0.05, 0) is 62.3 Å². The van der Waals surface area contributed by atoms with Crippen LogP contribution in [0.3, 0.4) is 0 Å². The van der Waals surface area contributed by atoms with E-state index in [-0.39, 0.29) is 22.8 Å². The van der Waals surface area contributed by atoms with Gasteiger partial charge in [-0.3, -0.25) is 14.9 Å². The Morgan fingerprint density at radius 2 is 1.70 bits per heavy atom.